The molecule has 1 amide bonds. The van der Waals surface area contributed by atoms with Gasteiger partial charge in [0.1, 0.15) is 0 Å². The number of ether oxygens (including phenoxy) is 1. The normalized spacial score (nSPS) is 28.9. The lowest BCUT2D eigenvalue weighted by Crippen LogP contribution is -2.41. The Morgan fingerprint density at radius 3 is 2.83 bits per heavy atom. The van der Waals surface area contributed by atoms with E-state index >= 15 is 0 Å². The van der Waals surface area contributed by atoms with Gasteiger partial charge in [0.05, 0.1) is 17.5 Å². The number of carbonyl (C=O) groups is 1. The Labute approximate surface area is 81.2 Å². The van der Waals surface area contributed by atoms with E-state index in [0.717, 1.165) is 13.0 Å². The van der Waals surface area contributed by atoms with Crippen LogP contribution in [0.1, 0.15) is 13.3 Å². The van der Waals surface area contributed by atoms with Gasteiger partial charge in [-0.05, 0) is 13.3 Å². The molecule has 0 saturated carbocycles. The second-order valence-corrected chi connectivity index (χ2v) is 3.63. The Morgan fingerprint density at radius 2 is 2.42 bits per heavy atom. The van der Waals surface area contributed by atoms with E-state index in [2.05, 4.69) is 15.9 Å². The second-order valence-electron chi connectivity index (χ2n) is 3.07. The lowest BCUT2D eigenvalue weighted by atomic mass is 10.1. The van der Waals surface area contributed by atoms with Crippen LogP contribution in [0.15, 0.2) is 0 Å². The zero-order chi connectivity index (χ0) is 9.14. The lowest BCUT2D eigenvalue weighted by Gasteiger charge is -2.25. The number of carbonyl (C=O) groups excluding carboxylic acids is 1. The first kappa shape index (κ1) is 9.99. The molecule has 0 aromatic heterocycles. The van der Waals surface area contributed by atoms with Gasteiger partial charge >= 0.3 is 0 Å². The predicted molar refractivity (Wildman–Crippen MR) is 50.4 cm³/mol. The van der Waals surface area contributed by atoms with Crippen LogP contribution in [0.5, 0.6) is 0 Å². The van der Waals surface area contributed by atoms with Crippen LogP contribution in [0, 0.1) is 0 Å². The van der Waals surface area contributed by atoms with Crippen molar-refractivity contribution in [3.63, 3.8) is 0 Å². The molecule has 0 bridgehead atoms. The van der Waals surface area contributed by atoms with Crippen molar-refractivity contribution in [2.45, 2.75) is 25.5 Å². The first-order valence-electron chi connectivity index (χ1n) is 4.10. The fraction of sp³-hybridized carbons (Fsp3) is 0.875. The smallest absolute Gasteiger partial charge is 0.233 e. The summed E-state index contributed by atoms with van der Waals surface area (Å²) in [5.74, 6) is 0.123. The number of hydrogen-bond donors (Lipinski definition) is 0. The van der Waals surface area contributed by atoms with E-state index < -0.39 is 0 Å². The first-order valence-corrected chi connectivity index (χ1v) is 5.22. The van der Waals surface area contributed by atoms with Crippen molar-refractivity contribution in [1.29, 1.82) is 0 Å². The summed E-state index contributed by atoms with van der Waals surface area (Å²) in [7, 11) is 1.83. The maximum Gasteiger partial charge on any atom is 0.233 e. The summed E-state index contributed by atoms with van der Waals surface area (Å²) in [6, 6.07) is 0.259. The minimum atomic E-state index is 0.123. The fourth-order valence-corrected chi connectivity index (χ4v) is 1.90. The number of hydrogen-bond acceptors (Lipinski definition) is 2. The molecular formula is C8H14BrNO2. The molecule has 0 spiro atoms. The second kappa shape index (κ2) is 4.23. The van der Waals surface area contributed by atoms with Crippen LogP contribution in [-0.2, 0) is 9.53 Å². The lowest BCUT2D eigenvalue weighted by molar-refractivity contribution is -0.129. The highest BCUT2D eigenvalue weighted by Crippen LogP contribution is 2.18. The quantitative estimate of drug-likeness (QED) is 0.670. The Balaban J connectivity index is 2.51. The van der Waals surface area contributed by atoms with E-state index in [9.17, 15) is 4.79 Å². The third-order valence-corrected chi connectivity index (χ3v) is 2.82. The summed E-state index contributed by atoms with van der Waals surface area (Å²) < 4.78 is 5.37. The monoisotopic (exact) mass is 235 g/mol. The molecule has 0 aromatic rings. The Kier molecular flexibility index (Phi) is 3.53. The SMILES string of the molecule is CC1OCCC1N(C)C(=O)CBr. The summed E-state index contributed by atoms with van der Waals surface area (Å²) in [4.78, 5) is 13.0. The zero-order valence-electron chi connectivity index (χ0n) is 7.42. The average Bonchev–Trinajstić information content (AvgIpc) is 2.48. The van der Waals surface area contributed by atoms with E-state index in [0.29, 0.717) is 5.33 Å². The van der Waals surface area contributed by atoms with Gasteiger partial charge in [0.15, 0.2) is 0 Å². The highest BCUT2D eigenvalue weighted by molar-refractivity contribution is 9.09. The maximum absolute atomic E-state index is 11.3. The summed E-state index contributed by atoms with van der Waals surface area (Å²) in [6.07, 6.45) is 1.13. The molecule has 1 rings (SSSR count). The van der Waals surface area contributed by atoms with Crippen LogP contribution in [0.2, 0.25) is 0 Å². The number of halogens is 1. The van der Waals surface area contributed by atoms with Gasteiger partial charge in [-0.25, -0.2) is 0 Å². The van der Waals surface area contributed by atoms with Crippen molar-refractivity contribution < 1.29 is 9.53 Å². The van der Waals surface area contributed by atoms with Crippen molar-refractivity contribution >= 4 is 21.8 Å². The van der Waals surface area contributed by atoms with Gasteiger partial charge in [0.2, 0.25) is 5.91 Å². The van der Waals surface area contributed by atoms with Gasteiger partial charge in [-0.2, -0.15) is 0 Å². The van der Waals surface area contributed by atoms with E-state index in [1.54, 1.807) is 4.90 Å². The summed E-state index contributed by atoms with van der Waals surface area (Å²) in [5.41, 5.74) is 0. The number of likely N-dealkylation sites (N-methyl/N-ethyl adjacent to an activating group) is 1. The van der Waals surface area contributed by atoms with Crippen molar-refractivity contribution in [1.82, 2.24) is 4.90 Å². The Hall–Kier alpha value is -0.0900. The largest absolute Gasteiger partial charge is 0.376 e. The first-order chi connectivity index (χ1) is 5.66. The molecule has 0 radical (unpaired) electrons. The third kappa shape index (κ3) is 1.98. The van der Waals surface area contributed by atoms with Gasteiger partial charge in [-0.1, -0.05) is 15.9 Å². The molecule has 12 heavy (non-hydrogen) atoms. The molecule has 1 heterocycles. The Bertz CT molecular complexity index is 174. The minimum absolute atomic E-state index is 0.123. The minimum Gasteiger partial charge on any atom is -0.376 e. The van der Waals surface area contributed by atoms with E-state index in [1.165, 1.54) is 0 Å². The molecule has 0 aliphatic carbocycles. The molecule has 0 aromatic carbocycles. The Morgan fingerprint density at radius 1 is 1.75 bits per heavy atom. The van der Waals surface area contributed by atoms with E-state index in [1.807, 2.05) is 14.0 Å². The number of rotatable bonds is 2. The molecule has 2 atom stereocenters. The average molecular weight is 236 g/mol. The number of alkyl halides is 1. The van der Waals surface area contributed by atoms with Crippen LogP contribution in [-0.4, -0.2) is 41.9 Å². The van der Waals surface area contributed by atoms with Crippen LogP contribution in [0.4, 0.5) is 0 Å². The van der Waals surface area contributed by atoms with E-state index in [-0.39, 0.29) is 18.1 Å². The van der Waals surface area contributed by atoms with Gasteiger partial charge in [0.25, 0.3) is 0 Å². The van der Waals surface area contributed by atoms with Gasteiger partial charge in [-0.15, -0.1) is 0 Å². The molecule has 4 heteroatoms. The standard InChI is InChI=1S/C8H14BrNO2/c1-6-7(3-4-12-6)10(2)8(11)5-9/h6-7H,3-5H2,1-2H3. The van der Waals surface area contributed by atoms with Gasteiger partial charge in [0, 0.05) is 13.7 Å². The highest BCUT2D eigenvalue weighted by atomic mass is 79.9. The molecule has 3 nitrogen and oxygen atoms in total. The van der Waals surface area contributed by atoms with Crippen LogP contribution in [0.25, 0.3) is 0 Å². The van der Waals surface area contributed by atoms with Crippen LogP contribution in [0.3, 0.4) is 0 Å². The van der Waals surface area contributed by atoms with Gasteiger partial charge in [-0.3, -0.25) is 4.79 Å². The molecule has 2 unspecified atom stereocenters. The topological polar surface area (TPSA) is 29.5 Å². The number of amides is 1. The molecule has 1 fully saturated rings. The van der Waals surface area contributed by atoms with Crippen LogP contribution >= 0.6 is 15.9 Å². The van der Waals surface area contributed by atoms with Crippen molar-refractivity contribution in [3.05, 3.63) is 0 Å². The van der Waals surface area contributed by atoms with Crippen molar-refractivity contribution in [2.75, 3.05) is 19.0 Å². The maximum atomic E-state index is 11.3. The van der Waals surface area contributed by atoms with Crippen molar-refractivity contribution in [2.24, 2.45) is 0 Å². The third-order valence-electron chi connectivity index (χ3n) is 2.34. The molecule has 1 saturated heterocycles. The molecule has 1 aliphatic rings. The zero-order valence-corrected chi connectivity index (χ0v) is 9.00. The molecule has 1 aliphatic heterocycles. The molecule has 0 N–H and O–H groups in total. The molecular weight excluding hydrogens is 222 g/mol. The molecule has 70 valence electrons. The van der Waals surface area contributed by atoms with E-state index in [4.69, 9.17) is 4.74 Å². The predicted octanol–water partition coefficient (Wildman–Crippen LogP) is 1.02. The van der Waals surface area contributed by atoms with Crippen molar-refractivity contribution in [3.8, 4) is 0 Å². The van der Waals surface area contributed by atoms with Gasteiger partial charge < -0.3 is 9.64 Å². The highest BCUT2D eigenvalue weighted by Gasteiger charge is 2.29. The van der Waals surface area contributed by atoms with Crippen LogP contribution < -0.4 is 0 Å². The fourth-order valence-electron chi connectivity index (χ4n) is 1.51. The summed E-state index contributed by atoms with van der Waals surface area (Å²) in [6.45, 7) is 2.78. The summed E-state index contributed by atoms with van der Waals surface area (Å²) >= 11 is 3.15. The summed E-state index contributed by atoms with van der Waals surface area (Å²) in [5, 5.41) is 0.396. The number of nitrogens with zero attached hydrogens (tertiary/aromatic N) is 1.